The molecule has 1 amide bonds. The molecule has 5 nitrogen and oxygen atoms in total. The number of nitrogens with two attached hydrogens (primary N) is 1. The van der Waals surface area contributed by atoms with Crippen molar-refractivity contribution in [3.05, 3.63) is 66.0 Å². The minimum atomic E-state index is -0.599. The fourth-order valence-electron chi connectivity index (χ4n) is 3.06. The molecule has 2 aromatic rings. The number of hydrogen-bond acceptors (Lipinski definition) is 4. The van der Waals surface area contributed by atoms with Crippen molar-refractivity contribution in [2.45, 2.75) is 31.5 Å². The standard InChI is InChI=1S/C19H24N4O/c20-18(15-6-2-1-3-7-15)19(24)22-16-9-12-23(13-10-16)14-17-8-4-5-11-21-17/h1-8,11,16,18H,9-10,12-14,20H2,(H,22,24). The molecule has 0 saturated carbocycles. The SMILES string of the molecule is NC(C(=O)NC1CCN(Cc2ccccn2)CC1)c1ccccc1. The van der Waals surface area contributed by atoms with Gasteiger partial charge in [-0.2, -0.15) is 0 Å². The van der Waals surface area contributed by atoms with Crippen molar-refractivity contribution in [1.29, 1.82) is 0 Å². The predicted molar refractivity (Wildman–Crippen MR) is 94.0 cm³/mol. The van der Waals surface area contributed by atoms with Gasteiger partial charge in [-0.15, -0.1) is 0 Å². The van der Waals surface area contributed by atoms with E-state index in [1.807, 2.05) is 54.7 Å². The number of nitrogens with one attached hydrogen (secondary N) is 1. The molecule has 2 heterocycles. The molecule has 0 spiro atoms. The Bertz CT molecular complexity index is 639. The molecular formula is C19H24N4O. The second kappa shape index (κ2) is 8.04. The second-order valence-electron chi connectivity index (χ2n) is 6.27. The van der Waals surface area contributed by atoms with Crippen LogP contribution in [0.15, 0.2) is 54.7 Å². The fraction of sp³-hybridized carbons (Fsp3) is 0.368. The van der Waals surface area contributed by atoms with Crippen LogP contribution >= 0.6 is 0 Å². The first-order valence-corrected chi connectivity index (χ1v) is 8.45. The van der Waals surface area contributed by atoms with E-state index in [1.54, 1.807) is 0 Å². The van der Waals surface area contributed by atoms with Crippen molar-refractivity contribution < 1.29 is 4.79 Å². The number of rotatable bonds is 5. The average Bonchev–Trinajstić information content (AvgIpc) is 2.64. The van der Waals surface area contributed by atoms with Crippen LogP contribution in [0.5, 0.6) is 0 Å². The first-order valence-electron chi connectivity index (χ1n) is 8.45. The monoisotopic (exact) mass is 324 g/mol. The lowest BCUT2D eigenvalue weighted by Crippen LogP contribution is -2.46. The second-order valence-corrected chi connectivity index (χ2v) is 6.27. The summed E-state index contributed by atoms with van der Waals surface area (Å²) in [7, 11) is 0. The van der Waals surface area contributed by atoms with E-state index < -0.39 is 6.04 Å². The molecule has 3 rings (SSSR count). The van der Waals surface area contributed by atoms with E-state index in [2.05, 4.69) is 15.2 Å². The summed E-state index contributed by atoms with van der Waals surface area (Å²) in [6.45, 7) is 2.79. The number of nitrogens with zero attached hydrogens (tertiary/aromatic N) is 2. The molecule has 5 heteroatoms. The van der Waals surface area contributed by atoms with Gasteiger partial charge < -0.3 is 11.1 Å². The Morgan fingerprint density at radius 3 is 2.54 bits per heavy atom. The van der Waals surface area contributed by atoms with Crippen molar-refractivity contribution in [3.63, 3.8) is 0 Å². The summed E-state index contributed by atoms with van der Waals surface area (Å²) < 4.78 is 0. The molecule has 126 valence electrons. The zero-order valence-corrected chi connectivity index (χ0v) is 13.8. The summed E-state index contributed by atoms with van der Waals surface area (Å²) >= 11 is 0. The predicted octanol–water partition coefficient (Wildman–Crippen LogP) is 1.86. The van der Waals surface area contributed by atoms with E-state index in [4.69, 9.17) is 5.73 Å². The van der Waals surface area contributed by atoms with Gasteiger partial charge in [-0.25, -0.2) is 0 Å². The number of aromatic nitrogens is 1. The highest BCUT2D eigenvalue weighted by atomic mass is 16.2. The van der Waals surface area contributed by atoms with Crippen LogP contribution in [-0.4, -0.2) is 34.9 Å². The minimum Gasteiger partial charge on any atom is -0.352 e. The Labute approximate surface area is 142 Å². The van der Waals surface area contributed by atoms with Gasteiger partial charge in [0.1, 0.15) is 6.04 Å². The van der Waals surface area contributed by atoms with Crippen LogP contribution in [0.25, 0.3) is 0 Å². The maximum absolute atomic E-state index is 12.3. The third kappa shape index (κ3) is 4.40. The average molecular weight is 324 g/mol. The highest BCUT2D eigenvalue weighted by molar-refractivity contribution is 5.83. The summed E-state index contributed by atoms with van der Waals surface area (Å²) in [6.07, 6.45) is 3.72. The number of amides is 1. The maximum atomic E-state index is 12.3. The number of piperidine rings is 1. The van der Waals surface area contributed by atoms with Crippen molar-refractivity contribution in [3.8, 4) is 0 Å². The van der Waals surface area contributed by atoms with Gasteiger partial charge in [0.25, 0.3) is 0 Å². The van der Waals surface area contributed by atoms with Crippen molar-refractivity contribution >= 4 is 5.91 Å². The molecule has 0 bridgehead atoms. The van der Waals surface area contributed by atoms with Gasteiger partial charge in [0.05, 0.1) is 5.69 Å². The Morgan fingerprint density at radius 2 is 1.88 bits per heavy atom. The van der Waals surface area contributed by atoms with Crippen molar-refractivity contribution in [1.82, 2.24) is 15.2 Å². The zero-order chi connectivity index (χ0) is 16.8. The van der Waals surface area contributed by atoms with Crippen LogP contribution in [0.4, 0.5) is 0 Å². The van der Waals surface area contributed by atoms with Gasteiger partial charge >= 0.3 is 0 Å². The molecule has 0 radical (unpaired) electrons. The fourth-order valence-corrected chi connectivity index (χ4v) is 3.06. The van der Waals surface area contributed by atoms with Crippen LogP contribution < -0.4 is 11.1 Å². The zero-order valence-electron chi connectivity index (χ0n) is 13.8. The smallest absolute Gasteiger partial charge is 0.241 e. The first kappa shape index (κ1) is 16.6. The maximum Gasteiger partial charge on any atom is 0.241 e. The van der Waals surface area contributed by atoms with Crippen LogP contribution in [0.3, 0.4) is 0 Å². The summed E-state index contributed by atoms with van der Waals surface area (Å²) in [5.41, 5.74) is 7.99. The molecule has 1 aromatic carbocycles. The van der Waals surface area contributed by atoms with Crippen LogP contribution in [0.1, 0.15) is 30.1 Å². The number of carbonyl (C=O) groups is 1. The number of benzene rings is 1. The van der Waals surface area contributed by atoms with Crippen LogP contribution in [0, 0.1) is 0 Å². The lowest BCUT2D eigenvalue weighted by molar-refractivity contribution is -0.123. The Morgan fingerprint density at radius 1 is 1.17 bits per heavy atom. The van der Waals surface area contributed by atoms with E-state index in [-0.39, 0.29) is 11.9 Å². The largest absolute Gasteiger partial charge is 0.352 e. The highest BCUT2D eigenvalue weighted by Gasteiger charge is 2.23. The lowest BCUT2D eigenvalue weighted by Gasteiger charge is -2.32. The van der Waals surface area contributed by atoms with Crippen molar-refractivity contribution in [2.75, 3.05) is 13.1 Å². The van der Waals surface area contributed by atoms with E-state index >= 15 is 0 Å². The van der Waals surface area contributed by atoms with Gasteiger partial charge in [0, 0.05) is 31.9 Å². The molecular weight excluding hydrogens is 300 g/mol. The molecule has 1 aromatic heterocycles. The molecule has 0 aliphatic carbocycles. The summed E-state index contributed by atoms with van der Waals surface area (Å²) in [5, 5.41) is 3.10. The third-order valence-electron chi connectivity index (χ3n) is 4.49. The Hall–Kier alpha value is -2.24. The number of hydrogen-bond donors (Lipinski definition) is 2. The van der Waals surface area contributed by atoms with Gasteiger partial charge in [0.2, 0.25) is 5.91 Å². The van der Waals surface area contributed by atoms with Gasteiger partial charge in [-0.3, -0.25) is 14.7 Å². The molecule has 1 aliphatic rings. The normalized spacial score (nSPS) is 17.4. The van der Waals surface area contributed by atoms with Gasteiger partial charge in [-0.1, -0.05) is 36.4 Å². The number of likely N-dealkylation sites (tertiary alicyclic amines) is 1. The first-order chi connectivity index (χ1) is 11.7. The van der Waals surface area contributed by atoms with Crippen LogP contribution in [-0.2, 0) is 11.3 Å². The number of pyridine rings is 1. The third-order valence-corrected chi connectivity index (χ3v) is 4.49. The van der Waals surface area contributed by atoms with E-state index in [9.17, 15) is 4.79 Å². The topological polar surface area (TPSA) is 71.2 Å². The van der Waals surface area contributed by atoms with Gasteiger partial charge in [0.15, 0.2) is 0 Å². The summed E-state index contributed by atoms with van der Waals surface area (Å²) in [6, 6.07) is 15.1. The summed E-state index contributed by atoms with van der Waals surface area (Å²) in [5.74, 6) is -0.0932. The molecule has 1 unspecified atom stereocenters. The molecule has 1 atom stereocenters. The number of carbonyl (C=O) groups excluding carboxylic acids is 1. The molecule has 1 saturated heterocycles. The van der Waals surface area contributed by atoms with Crippen molar-refractivity contribution in [2.24, 2.45) is 5.73 Å². The van der Waals surface area contributed by atoms with Gasteiger partial charge in [-0.05, 0) is 30.5 Å². The molecule has 3 N–H and O–H groups in total. The summed E-state index contributed by atoms with van der Waals surface area (Å²) in [4.78, 5) is 19.1. The van der Waals surface area contributed by atoms with E-state index in [1.165, 1.54) is 0 Å². The lowest BCUT2D eigenvalue weighted by atomic mass is 10.0. The molecule has 1 fully saturated rings. The van der Waals surface area contributed by atoms with E-state index in [0.29, 0.717) is 0 Å². The Balaban J connectivity index is 1.46. The molecule has 1 aliphatic heterocycles. The molecule has 24 heavy (non-hydrogen) atoms. The quantitative estimate of drug-likeness (QED) is 0.881. The van der Waals surface area contributed by atoms with E-state index in [0.717, 1.165) is 43.7 Å². The Kier molecular flexibility index (Phi) is 5.56. The minimum absolute atomic E-state index is 0.0932. The van der Waals surface area contributed by atoms with Crippen LogP contribution in [0.2, 0.25) is 0 Å². The highest BCUT2D eigenvalue weighted by Crippen LogP contribution is 2.15.